The molecule has 0 amide bonds. The predicted molar refractivity (Wildman–Crippen MR) is 57.7 cm³/mol. The third-order valence-electron chi connectivity index (χ3n) is 3.37. The van der Waals surface area contributed by atoms with Crippen LogP contribution in [-0.4, -0.2) is 13.2 Å². The van der Waals surface area contributed by atoms with Gasteiger partial charge in [-0.2, -0.15) is 0 Å². The zero-order chi connectivity index (χ0) is 10.3. The Balaban J connectivity index is 2.48. The van der Waals surface area contributed by atoms with Gasteiger partial charge in [-0.3, -0.25) is 0 Å². The van der Waals surface area contributed by atoms with Gasteiger partial charge in [-0.15, -0.1) is 0 Å². The van der Waals surface area contributed by atoms with E-state index in [2.05, 4.69) is 26.0 Å². The van der Waals surface area contributed by atoms with Crippen molar-refractivity contribution in [1.82, 2.24) is 0 Å². The lowest BCUT2D eigenvalue weighted by Gasteiger charge is -2.24. The molecule has 1 aliphatic carbocycles. The second-order valence-electron chi connectivity index (χ2n) is 4.56. The summed E-state index contributed by atoms with van der Waals surface area (Å²) in [6, 6.07) is 6.48. The van der Waals surface area contributed by atoms with Crippen LogP contribution in [0.3, 0.4) is 0 Å². The summed E-state index contributed by atoms with van der Waals surface area (Å²) in [7, 11) is 1.70. The van der Waals surface area contributed by atoms with Crippen LogP contribution in [0.1, 0.15) is 25.0 Å². The van der Waals surface area contributed by atoms with Crippen molar-refractivity contribution in [3.05, 3.63) is 29.3 Å². The first-order chi connectivity index (χ1) is 6.55. The Hall–Kier alpha value is -1.02. The predicted octanol–water partition coefficient (Wildman–Crippen LogP) is 1.86. The first-order valence-corrected chi connectivity index (χ1v) is 4.98. The lowest BCUT2D eigenvalue weighted by molar-refractivity contribution is 0.414. The molecule has 0 fully saturated rings. The zero-order valence-electron chi connectivity index (χ0n) is 9.00. The van der Waals surface area contributed by atoms with E-state index in [1.165, 1.54) is 11.1 Å². The second kappa shape index (κ2) is 2.99. The maximum atomic E-state index is 6.11. The first-order valence-electron chi connectivity index (χ1n) is 4.98. The van der Waals surface area contributed by atoms with Crippen LogP contribution in [0.25, 0.3) is 0 Å². The molecule has 2 nitrogen and oxygen atoms in total. The van der Waals surface area contributed by atoms with Crippen LogP contribution in [0.4, 0.5) is 0 Å². The highest BCUT2D eigenvalue weighted by molar-refractivity contribution is 5.45. The molecule has 0 saturated heterocycles. The normalized spacial score (nSPS) is 23.3. The fourth-order valence-electron chi connectivity index (χ4n) is 2.19. The van der Waals surface area contributed by atoms with Crippen LogP contribution >= 0.6 is 0 Å². The van der Waals surface area contributed by atoms with Gasteiger partial charge in [0.2, 0.25) is 0 Å². The first kappa shape index (κ1) is 9.53. The molecule has 2 rings (SSSR count). The molecule has 0 bridgehead atoms. The number of hydrogen-bond donors (Lipinski definition) is 1. The molecule has 0 aliphatic heterocycles. The van der Waals surface area contributed by atoms with E-state index in [4.69, 9.17) is 10.5 Å². The van der Waals surface area contributed by atoms with E-state index in [1.54, 1.807) is 7.11 Å². The number of benzene rings is 1. The van der Waals surface area contributed by atoms with Gasteiger partial charge in [0.05, 0.1) is 7.11 Å². The quantitative estimate of drug-likeness (QED) is 0.735. The van der Waals surface area contributed by atoms with Gasteiger partial charge in [0, 0.05) is 11.5 Å². The van der Waals surface area contributed by atoms with Crippen molar-refractivity contribution < 1.29 is 4.74 Å². The van der Waals surface area contributed by atoms with E-state index in [-0.39, 0.29) is 11.5 Å². The number of hydrogen-bond acceptors (Lipinski definition) is 2. The molecule has 1 aliphatic rings. The minimum atomic E-state index is 0.0988. The van der Waals surface area contributed by atoms with Gasteiger partial charge in [0.15, 0.2) is 0 Å². The summed E-state index contributed by atoms with van der Waals surface area (Å²) in [5, 5.41) is 0. The van der Waals surface area contributed by atoms with E-state index < -0.39 is 0 Å². The summed E-state index contributed by atoms with van der Waals surface area (Å²) in [5.74, 6) is 0.925. The molecule has 0 spiro atoms. The van der Waals surface area contributed by atoms with Crippen LogP contribution < -0.4 is 10.5 Å². The number of fused-ring (bicyclic) bond motifs is 1. The van der Waals surface area contributed by atoms with Gasteiger partial charge in [-0.1, -0.05) is 19.9 Å². The van der Waals surface area contributed by atoms with Crippen LogP contribution in [0.2, 0.25) is 0 Å². The minimum Gasteiger partial charge on any atom is -0.497 e. The largest absolute Gasteiger partial charge is 0.497 e. The van der Waals surface area contributed by atoms with Crippen molar-refractivity contribution in [2.24, 2.45) is 5.73 Å². The highest BCUT2D eigenvalue weighted by Crippen LogP contribution is 2.38. The Bertz CT molecular complexity index is 357. The van der Waals surface area contributed by atoms with Gasteiger partial charge >= 0.3 is 0 Å². The van der Waals surface area contributed by atoms with E-state index in [0.717, 1.165) is 12.2 Å². The molecule has 2 heteroatoms. The second-order valence-corrected chi connectivity index (χ2v) is 4.56. The summed E-state index contributed by atoms with van der Waals surface area (Å²) in [5.41, 5.74) is 8.91. The molecule has 1 unspecified atom stereocenters. The van der Waals surface area contributed by atoms with E-state index >= 15 is 0 Å². The van der Waals surface area contributed by atoms with Gasteiger partial charge < -0.3 is 10.5 Å². The topological polar surface area (TPSA) is 35.2 Å². The van der Waals surface area contributed by atoms with Crippen molar-refractivity contribution in [1.29, 1.82) is 0 Å². The number of rotatable bonds is 1. The Labute approximate surface area is 85.1 Å². The van der Waals surface area contributed by atoms with Gasteiger partial charge in [0.25, 0.3) is 0 Å². The van der Waals surface area contributed by atoms with Crippen LogP contribution in [0.15, 0.2) is 18.2 Å². The lowest BCUT2D eigenvalue weighted by atomic mass is 9.83. The number of ether oxygens (including phenoxy) is 1. The highest BCUT2D eigenvalue weighted by Gasteiger charge is 2.36. The van der Waals surface area contributed by atoms with Crippen molar-refractivity contribution >= 4 is 0 Å². The summed E-state index contributed by atoms with van der Waals surface area (Å²) < 4.78 is 5.20. The van der Waals surface area contributed by atoms with Gasteiger partial charge in [-0.25, -0.2) is 0 Å². The summed E-state index contributed by atoms with van der Waals surface area (Å²) in [4.78, 5) is 0. The smallest absolute Gasteiger partial charge is 0.119 e. The average molecular weight is 191 g/mol. The third-order valence-corrected chi connectivity index (χ3v) is 3.37. The Morgan fingerprint density at radius 2 is 2.14 bits per heavy atom. The molecule has 0 heterocycles. The molecule has 1 atom stereocenters. The van der Waals surface area contributed by atoms with Crippen molar-refractivity contribution in [3.63, 3.8) is 0 Å². The van der Waals surface area contributed by atoms with Gasteiger partial charge in [0.1, 0.15) is 5.75 Å². The highest BCUT2D eigenvalue weighted by atomic mass is 16.5. The van der Waals surface area contributed by atoms with Crippen LogP contribution in [-0.2, 0) is 11.8 Å². The standard InChI is InChI=1S/C12H17NO/c1-12(2)10-5-4-9(14-3)6-8(10)7-11(12)13/h4-6,11H,7,13H2,1-3H3. The zero-order valence-corrected chi connectivity index (χ0v) is 9.00. The van der Waals surface area contributed by atoms with Crippen molar-refractivity contribution in [3.8, 4) is 5.75 Å². The monoisotopic (exact) mass is 191 g/mol. The van der Waals surface area contributed by atoms with Crippen LogP contribution in [0.5, 0.6) is 5.75 Å². The van der Waals surface area contributed by atoms with Gasteiger partial charge in [-0.05, 0) is 29.7 Å². The molecule has 2 N–H and O–H groups in total. The Morgan fingerprint density at radius 3 is 2.79 bits per heavy atom. The maximum absolute atomic E-state index is 6.11. The number of nitrogens with two attached hydrogens (primary N) is 1. The Kier molecular flexibility index (Phi) is 2.04. The summed E-state index contributed by atoms with van der Waals surface area (Å²) in [6.45, 7) is 4.41. The molecule has 76 valence electrons. The molecule has 1 aromatic carbocycles. The molecule has 1 aromatic rings. The molecule has 0 aromatic heterocycles. The average Bonchev–Trinajstić information content (AvgIpc) is 2.38. The SMILES string of the molecule is COc1ccc2c(c1)CC(N)C2(C)C. The van der Waals surface area contributed by atoms with Crippen molar-refractivity contribution in [2.45, 2.75) is 31.7 Å². The molecule has 0 saturated carbocycles. The molecule has 0 radical (unpaired) electrons. The minimum absolute atomic E-state index is 0.0988. The number of methoxy groups -OCH3 is 1. The van der Waals surface area contributed by atoms with E-state index in [9.17, 15) is 0 Å². The fourth-order valence-corrected chi connectivity index (χ4v) is 2.19. The lowest BCUT2D eigenvalue weighted by Crippen LogP contribution is -2.36. The Morgan fingerprint density at radius 1 is 1.43 bits per heavy atom. The molecule has 14 heavy (non-hydrogen) atoms. The van der Waals surface area contributed by atoms with E-state index in [0.29, 0.717) is 0 Å². The molecular weight excluding hydrogens is 174 g/mol. The van der Waals surface area contributed by atoms with E-state index in [1.807, 2.05) is 6.07 Å². The molecular formula is C12H17NO. The van der Waals surface area contributed by atoms with Crippen LogP contribution in [0, 0.1) is 0 Å². The van der Waals surface area contributed by atoms with Crippen molar-refractivity contribution in [2.75, 3.05) is 7.11 Å². The third kappa shape index (κ3) is 1.22. The summed E-state index contributed by atoms with van der Waals surface area (Å²) in [6.07, 6.45) is 0.958. The summed E-state index contributed by atoms with van der Waals surface area (Å²) >= 11 is 0. The fraction of sp³-hybridized carbons (Fsp3) is 0.500. The maximum Gasteiger partial charge on any atom is 0.119 e.